The fourth-order valence-corrected chi connectivity index (χ4v) is 2.95. The smallest absolute Gasteiger partial charge is 0.345 e. The molecule has 4 nitrogen and oxygen atoms in total. The molecule has 1 saturated heterocycles. The number of hydrogen-bond donors (Lipinski definition) is 1. The van der Waals surface area contributed by atoms with Crippen molar-refractivity contribution in [3.05, 3.63) is 21.9 Å². The van der Waals surface area contributed by atoms with E-state index in [1.165, 1.54) is 17.8 Å². The van der Waals surface area contributed by atoms with Gasteiger partial charge in [0.25, 0.3) is 0 Å². The van der Waals surface area contributed by atoms with Crippen molar-refractivity contribution in [2.24, 2.45) is 0 Å². The van der Waals surface area contributed by atoms with Crippen molar-refractivity contribution in [3.63, 3.8) is 0 Å². The molecule has 5 heteroatoms. The summed E-state index contributed by atoms with van der Waals surface area (Å²) in [6.07, 6.45) is 1.19. The number of thiophene rings is 1. The van der Waals surface area contributed by atoms with Gasteiger partial charge in [-0.15, -0.1) is 11.3 Å². The third-order valence-electron chi connectivity index (χ3n) is 3.06. The first-order valence-corrected chi connectivity index (χ1v) is 6.70. The van der Waals surface area contributed by atoms with Gasteiger partial charge in [0.1, 0.15) is 4.88 Å². The van der Waals surface area contributed by atoms with E-state index in [0.717, 1.165) is 37.6 Å². The largest absolute Gasteiger partial charge is 0.477 e. The number of nitrogens with zero attached hydrogens (tertiary/aromatic N) is 2. The molecule has 1 aliphatic rings. The zero-order chi connectivity index (χ0) is 12.3. The highest BCUT2D eigenvalue weighted by Gasteiger charge is 2.14. The van der Waals surface area contributed by atoms with E-state index in [4.69, 9.17) is 5.11 Å². The summed E-state index contributed by atoms with van der Waals surface area (Å²) >= 11 is 1.39. The first-order chi connectivity index (χ1) is 8.15. The number of aromatic carboxylic acids is 1. The maximum atomic E-state index is 10.8. The number of carbonyl (C=O) groups is 1. The molecule has 0 spiro atoms. The van der Waals surface area contributed by atoms with Crippen LogP contribution in [0, 0.1) is 0 Å². The van der Waals surface area contributed by atoms with Gasteiger partial charge in [-0.05, 0) is 38.7 Å². The SMILES string of the molecule is CN1CCCN(Cc2ccc(C(=O)O)s2)CC1. The Balaban J connectivity index is 1.93. The first kappa shape index (κ1) is 12.5. The van der Waals surface area contributed by atoms with Crippen LogP contribution in [0.15, 0.2) is 12.1 Å². The zero-order valence-electron chi connectivity index (χ0n) is 10.1. The van der Waals surface area contributed by atoms with Crippen LogP contribution in [-0.2, 0) is 6.54 Å². The summed E-state index contributed by atoms with van der Waals surface area (Å²) in [5, 5.41) is 8.87. The average molecular weight is 254 g/mol. The standard InChI is InChI=1S/C12H18N2O2S/c1-13-5-2-6-14(8-7-13)9-10-3-4-11(17-10)12(15)16/h3-4H,2,5-9H2,1H3,(H,15,16). The predicted octanol–water partition coefficient (Wildman–Crippen LogP) is 1.58. The number of rotatable bonds is 3. The van der Waals surface area contributed by atoms with E-state index in [1.54, 1.807) is 6.07 Å². The van der Waals surface area contributed by atoms with Crippen LogP contribution in [0.25, 0.3) is 0 Å². The van der Waals surface area contributed by atoms with Crippen LogP contribution in [0.1, 0.15) is 21.0 Å². The molecule has 0 aliphatic carbocycles. The Kier molecular flexibility index (Phi) is 4.15. The van der Waals surface area contributed by atoms with Gasteiger partial charge in [-0.3, -0.25) is 4.90 Å². The molecule has 0 saturated carbocycles. The maximum absolute atomic E-state index is 10.8. The number of carboxylic acid groups (broad SMARTS) is 1. The molecule has 94 valence electrons. The van der Waals surface area contributed by atoms with E-state index in [1.807, 2.05) is 6.07 Å². The summed E-state index contributed by atoms with van der Waals surface area (Å²) in [6.45, 7) is 5.30. The topological polar surface area (TPSA) is 43.8 Å². The molecule has 1 aromatic heterocycles. The number of hydrogen-bond acceptors (Lipinski definition) is 4. The molecule has 1 fully saturated rings. The fourth-order valence-electron chi connectivity index (χ4n) is 2.06. The molecule has 2 rings (SSSR count). The third-order valence-corrected chi connectivity index (χ3v) is 4.12. The molecule has 2 heterocycles. The van der Waals surface area contributed by atoms with Crippen LogP contribution in [-0.4, -0.2) is 54.1 Å². The highest BCUT2D eigenvalue weighted by Crippen LogP contribution is 2.18. The Labute approximate surface area is 105 Å². The molecule has 0 radical (unpaired) electrons. The van der Waals surface area contributed by atoms with Crippen LogP contribution in [0.3, 0.4) is 0 Å². The lowest BCUT2D eigenvalue weighted by Gasteiger charge is -2.18. The van der Waals surface area contributed by atoms with Crippen molar-refractivity contribution >= 4 is 17.3 Å². The minimum absolute atomic E-state index is 0.437. The van der Waals surface area contributed by atoms with Crippen LogP contribution in [0.5, 0.6) is 0 Å². The Bertz CT molecular complexity index is 392. The van der Waals surface area contributed by atoms with E-state index in [9.17, 15) is 4.79 Å². The van der Waals surface area contributed by atoms with Crippen molar-refractivity contribution in [3.8, 4) is 0 Å². The van der Waals surface area contributed by atoms with E-state index in [2.05, 4.69) is 16.8 Å². The van der Waals surface area contributed by atoms with E-state index in [0.29, 0.717) is 4.88 Å². The van der Waals surface area contributed by atoms with Crippen molar-refractivity contribution < 1.29 is 9.90 Å². The molecule has 1 N–H and O–H groups in total. The lowest BCUT2D eigenvalue weighted by atomic mass is 10.3. The zero-order valence-corrected chi connectivity index (χ0v) is 10.9. The summed E-state index contributed by atoms with van der Waals surface area (Å²) < 4.78 is 0. The van der Waals surface area contributed by atoms with Crippen molar-refractivity contribution in [1.82, 2.24) is 9.80 Å². The minimum atomic E-state index is -0.822. The summed E-state index contributed by atoms with van der Waals surface area (Å²) in [7, 11) is 2.15. The third kappa shape index (κ3) is 3.52. The molecular formula is C12H18N2O2S. The number of carboxylic acids is 1. The van der Waals surface area contributed by atoms with Crippen molar-refractivity contribution in [1.29, 1.82) is 0 Å². The van der Waals surface area contributed by atoms with Gasteiger partial charge in [-0.1, -0.05) is 0 Å². The van der Waals surface area contributed by atoms with Crippen LogP contribution >= 0.6 is 11.3 Å². The van der Waals surface area contributed by atoms with Gasteiger partial charge >= 0.3 is 5.97 Å². The molecule has 0 bridgehead atoms. The maximum Gasteiger partial charge on any atom is 0.345 e. The molecule has 0 unspecified atom stereocenters. The predicted molar refractivity (Wildman–Crippen MR) is 68.7 cm³/mol. The number of likely N-dealkylation sites (N-methyl/N-ethyl adjacent to an activating group) is 1. The second kappa shape index (κ2) is 5.62. The molecule has 1 aliphatic heterocycles. The summed E-state index contributed by atoms with van der Waals surface area (Å²) in [6, 6.07) is 3.63. The van der Waals surface area contributed by atoms with Gasteiger partial charge in [-0.25, -0.2) is 4.79 Å². The average Bonchev–Trinajstić information content (AvgIpc) is 2.65. The Morgan fingerprint density at radius 1 is 1.35 bits per heavy atom. The molecule has 0 amide bonds. The van der Waals surface area contributed by atoms with E-state index in [-0.39, 0.29) is 0 Å². The first-order valence-electron chi connectivity index (χ1n) is 5.88. The summed E-state index contributed by atoms with van der Waals surface area (Å²) in [5.74, 6) is -0.822. The van der Waals surface area contributed by atoms with Gasteiger partial charge in [0.05, 0.1) is 0 Å². The quantitative estimate of drug-likeness (QED) is 0.889. The molecule has 17 heavy (non-hydrogen) atoms. The van der Waals surface area contributed by atoms with Crippen molar-refractivity contribution in [2.75, 3.05) is 33.2 Å². The Morgan fingerprint density at radius 3 is 2.88 bits per heavy atom. The lowest BCUT2D eigenvalue weighted by molar-refractivity contribution is 0.0702. The molecular weight excluding hydrogens is 236 g/mol. The highest BCUT2D eigenvalue weighted by molar-refractivity contribution is 7.13. The molecule has 0 atom stereocenters. The fraction of sp³-hybridized carbons (Fsp3) is 0.583. The highest BCUT2D eigenvalue weighted by atomic mass is 32.1. The summed E-state index contributed by atoms with van der Waals surface area (Å²) in [5.41, 5.74) is 0. The van der Waals surface area contributed by atoms with Crippen molar-refractivity contribution in [2.45, 2.75) is 13.0 Å². The van der Waals surface area contributed by atoms with Crippen LogP contribution < -0.4 is 0 Å². The van der Waals surface area contributed by atoms with Gasteiger partial charge in [-0.2, -0.15) is 0 Å². The van der Waals surface area contributed by atoms with Crippen LogP contribution in [0.2, 0.25) is 0 Å². The van der Waals surface area contributed by atoms with Gasteiger partial charge in [0, 0.05) is 24.5 Å². The second-order valence-corrected chi connectivity index (χ2v) is 5.67. The van der Waals surface area contributed by atoms with Gasteiger partial charge in [0.15, 0.2) is 0 Å². The monoisotopic (exact) mass is 254 g/mol. The minimum Gasteiger partial charge on any atom is -0.477 e. The van der Waals surface area contributed by atoms with Crippen LogP contribution in [0.4, 0.5) is 0 Å². The summed E-state index contributed by atoms with van der Waals surface area (Å²) in [4.78, 5) is 17.1. The normalized spacial score (nSPS) is 19.1. The molecule has 1 aromatic rings. The lowest BCUT2D eigenvalue weighted by Crippen LogP contribution is -2.28. The van der Waals surface area contributed by atoms with Gasteiger partial charge in [0.2, 0.25) is 0 Å². The Morgan fingerprint density at radius 2 is 2.18 bits per heavy atom. The van der Waals surface area contributed by atoms with E-state index >= 15 is 0 Å². The molecule has 0 aromatic carbocycles. The second-order valence-electron chi connectivity index (χ2n) is 4.50. The van der Waals surface area contributed by atoms with Gasteiger partial charge < -0.3 is 10.0 Å². The Hall–Kier alpha value is -0.910. The van der Waals surface area contributed by atoms with E-state index < -0.39 is 5.97 Å².